The highest BCUT2D eigenvalue weighted by Crippen LogP contribution is 2.15. The number of rotatable bonds is 6. The second kappa shape index (κ2) is 8.19. The molecule has 23 heavy (non-hydrogen) atoms. The number of carbonyl (C=O) groups is 1. The lowest BCUT2D eigenvalue weighted by atomic mass is 10.2. The summed E-state index contributed by atoms with van der Waals surface area (Å²) in [5.74, 6) is -0.870. The van der Waals surface area contributed by atoms with E-state index in [-0.39, 0.29) is 6.42 Å². The number of benzene rings is 1. The zero-order valence-electron chi connectivity index (χ0n) is 12.4. The molecule has 6 nitrogen and oxygen atoms in total. The Morgan fingerprint density at radius 2 is 1.91 bits per heavy atom. The van der Waals surface area contributed by atoms with E-state index in [4.69, 9.17) is 10.8 Å². The van der Waals surface area contributed by atoms with Gasteiger partial charge in [-0.3, -0.25) is 15.0 Å². The van der Waals surface area contributed by atoms with Crippen LogP contribution in [-0.2, 0) is 17.8 Å². The Balaban J connectivity index is 1.97. The molecule has 0 bridgehead atoms. The predicted molar refractivity (Wildman–Crippen MR) is 87.4 cm³/mol. The highest BCUT2D eigenvalue weighted by molar-refractivity contribution is 8.13. The highest BCUT2D eigenvalue weighted by atomic mass is 32.2. The summed E-state index contributed by atoms with van der Waals surface area (Å²) in [5, 5.41) is 19.4. The van der Waals surface area contributed by atoms with Crippen molar-refractivity contribution in [1.82, 2.24) is 0 Å². The molecular weight excluding hydrogens is 314 g/mol. The third-order valence-electron chi connectivity index (χ3n) is 3.05. The molecule has 0 fully saturated rings. The van der Waals surface area contributed by atoms with Gasteiger partial charge in [-0.1, -0.05) is 30.3 Å². The average molecular weight is 332 g/mol. The minimum atomic E-state index is -0.870. The topological polar surface area (TPSA) is 99.8 Å². The van der Waals surface area contributed by atoms with E-state index in [1.165, 1.54) is 6.20 Å². The molecule has 2 aromatic rings. The van der Waals surface area contributed by atoms with Crippen molar-refractivity contribution in [3.63, 3.8) is 0 Å². The van der Waals surface area contributed by atoms with Crippen LogP contribution in [0, 0.1) is 0 Å². The summed E-state index contributed by atoms with van der Waals surface area (Å²) in [6, 6.07) is 13.2. The van der Waals surface area contributed by atoms with Gasteiger partial charge >= 0.3 is 5.97 Å². The number of nitrogens with zero attached hydrogens (tertiary/aromatic N) is 2. The molecule has 7 heteroatoms. The number of amidine groups is 1. The van der Waals surface area contributed by atoms with E-state index in [2.05, 4.69) is 4.99 Å². The van der Waals surface area contributed by atoms with Crippen LogP contribution in [0.1, 0.15) is 17.5 Å². The standard InChI is InChI=1S/C16H17N3O3S/c17-16(18-10-12-4-2-1-3-5-12)23-14-8-6-13(11-19(14)22)7-9-15(20)21/h1-6,8,11H,7,9-10H2,(H3-,17,18,20,21,22)/p+1. The van der Waals surface area contributed by atoms with Crippen molar-refractivity contribution in [3.8, 4) is 0 Å². The van der Waals surface area contributed by atoms with Crippen molar-refractivity contribution in [2.75, 3.05) is 0 Å². The summed E-state index contributed by atoms with van der Waals surface area (Å²) < 4.78 is 0.937. The van der Waals surface area contributed by atoms with Crippen LogP contribution in [0.3, 0.4) is 0 Å². The van der Waals surface area contributed by atoms with Gasteiger partial charge in [-0.05, 0) is 18.1 Å². The number of thioether (sulfide) groups is 1. The van der Waals surface area contributed by atoms with Crippen LogP contribution in [0.2, 0.25) is 0 Å². The molecule has 1 aromatic carbocycles. The van der Waals surface area contributed by atoms with Crippen molar-refractivity contribution in [1.29, 1.82) is 0 Å². The fraction of sp³-hybridized carbons (Fsp3) is 0.188. The molecule has 2 rings (SSSR count). The molecule has 4 N–H and O–H groups in total. The molecule has 1 aromatic heterocycles. The van der Waals surface area contributed by atoms with Crippen molar-refractivity contribution in [3.05, 3.63) is 59.8 Å². The largest absolute Gasteiger partial charge is 0.481 e. The number of nitrogens with two attached hydrogens (primary N) is 1. The molecule has 0 unspecified atom stereocenters. The van der Waals surface area contributed by atoms with Crippen LogP contribution in [0.15, 0.2) is 58.7 Å². The summed E-state index contributed by atoms with van der Waals surface area (Å²) in [5.41, 5.74) is 7.66. The van der Waals surface area contributed by atoms with Gasteiger partial charge in [0.05, 0.1) is 6.54 Å². The Kier molecular flexibility index (Phi) is 5.99. The first-order valence-electron chi connectivity index (χ1n) is 7.02. The van der Waals surface area contributed by atoms with Gasteiger partial charge in [0.1, 0.15) is 0 Å². The van der Waals surface area contributed by atoms with Crippen molar-refractivity contribution >= 4 is 22.9 Å². The van der Waals surface area contributed by atoms with E-state index in [1.54, 1.807) is 12.1 Å². The third kappa shape index (κ3) is 5.63. The zero-order valence-corrected chi connectivity index (χ0v) is 13.2. The Labute approximate surface area is 138 Å². The molecule has 120 valence electrons. The first-order chi connectivity index (χ1) is 11.0. The molecule has 0 atom stereocenters. The highest BCUT2D eigenvalue weighted by Gasteiger charge is 2.14. The number of carboxylic acid groups (broad SMARTS) is 1. The van der Waals surface area contributed by atoms with E-state index in [1.807, 2.05) is 30.3 Å². The number of carboxylic acids is 1. The molecule has 0 amide bonds. The lowest BCUT2D eigenvalue weighted by Crippen LogP contribution is -2.33. The normalized spacial score (nSPS) is 11.4. The second-order valence-corrected chi connectivity index (χ2v) is 5.90. The summed E-state index contributed by atoms with van der Waals surface area (Å²) >= 11 is 1.15. The van der Waals surface area contributed by atoms with Crippen LogP contribution in [0.4, 0.5) is 0 Å². The number of pyridine rings is 1. The predicted octanol–water partition coefficient (Wildman–Crippen LogP) is 1.84. The Bertz CT molecular complexity index is 705. The number of aliphatic imine (C=N–C) groups is 1. The summed E-state index contributed by atoms with van der Waals surface area (Å²) in [7, 11) is 0. The Hall–Kier alpha value is -2.54. The molecule has 0 saturated heterocycles. The van der Waals surface area contributed by atoms with Crippen LogP contribution >= 0.6 is 11.8 Å². The molecule has 1 heterocycles. The first kappa shape index (κ1) is 16.8. The molecular formula is C16H18N3O3S+. The summed E-state index contributed by atoms with van der Waals surface area (Å²) in [6.45, 7) is 0.474. The minimum absolute atomic E-state index is 0.0210. The van der Waals surface area contributed by atoms with Gasteiger partial charge in [0.15, 0.2) is 5.17 Å². The van der Waals surface area contributed by atoms with Crippen molar-refractivity contribution in [2.45, 2.75) is 24.4 Å². The Morgan fingerprint density at radius 3 is 2.57 bits per heavy atom. The number of aryl methyl sites for hydroxylation is 1. The van der Waals surface area contributed by atoms with Gasteiger partial charge in [-0.25, -0.2) is 0 Å². The van der Waals surface area contributed by atoms with Gasteiger partial charge in [-0.15, -0.1) is 0 Å². The maximum atomic E-state index is 10.6. The monoisotopic (exact) mass is 332 g/mol. The van der Waals surface area contributed by atoms with Crippen molar-refractivity contribution < 1.29 is 19.8 Å². The average Bonchev–Trinajstić information content (AvgIpc) is 2.54. The lowest BCUT2D eigenvalue weighted by Gasteiger charge is -2.01. The number of hydrogen-bond donors (Lipinski definition) is 3. The van der Waals surface area contributed by atoms with E-state index < -0.39 is 5.97 Å². The van der Waals surface area contributed by atoms with Crippen molar-refractivity contribution in [2.24, 2.45) is 10.7 Å². The molecule has 0 aliphatic heterocycles. The van der Waals surface area contributed by atoms with E-state index in [9.17, 15) is 10.0 Å². The van der Waals surface area contributed by atoms with Crippen LogP contribution in [-0.4, -0.2) is 21.5 Å². The van der Waals surface area contributed by atoms with E-state index in [0.29, 0.717) is 23.2 Å². The SMILES string of the molecule is NC(=NCc1ccccc1)Sc1ccc(CCC(=O)O)c[n+]1O. The summed E-state index contributed by atoms with van der Waals surface area (Å²) in [6.07, 6.45) is 1.86. The smallest absolute Gasteiger partial charge is 0.303 e. The maximum Gasteiger partial charge on any atom is 0.303 e. The fourth-order valence-electron chi connectivity index (χ4n) is 1.89. The van der Waals surface area contributed by atoms with Gasteiger partial charge in [-0.2, -0.15) is 0 Å². The minimum Gasteiger partial charge on any atom is -0.481 e. The van der Waals surface area contributed by atoms with Gasteiger partial charge < -0.3 is 10.8 Å². The molecule has 0 spiro atoms. The zero-order chi connectivity index (χ0) is 16.7. The van der Waals surface area contributed by atoms with E-state index in [0.717, 1.165) is 27.6 Å². The molecule has 0 aliphatic carbocycles. The number of hydrogen-bond acceptors (Lipinski definition) is 4. The quantitative estimate of drug-likeness (QED) is 0.246. The second-order valence-electron chi connectivity index (χ2n) is 4.86. The molecule has 0 saturated carbocycles. The Morgan fingerprint density at radius 1 is 1.17 bits per heavy atom. The summed E-state index contributed by atoms with van der Waals surface area (Å²) in [4.78, 5) is 14.8. The lowest BCUT2D eigenvalue weighted by molar-refractivity contribution is -0.932. The molecule has 0 aliphatic rings. The van der Waals surface area contributed by atoms with E-state index >= 15 is 0 Å². The van der Waals surface area contributed by atoms with Gasteiger partial charge in [0.2, 0.25) is 6.20 Å². The van der Waals surface area contributed by atoms with Crippen LogP contribution in [0.25, 0.3) is 0 Å². The van der Waals surface area contributed by atoms with Gasteiger partial charge in [0, 0.05) is 34.5 Å². The molecule has 0 radical (unpaired) electrons. The number of aromatic nitrogens is 1. The number of aliphatic carboxylic acids is 1. The van der Waals surface area contributed by atoms with Crippen LogP contribution in [0.5, 0.6) is 0 Å². The van der Waals surface area contributed by atoms with Crippen LogP contribution < -0.4 is 10.5 Å². The maximum absolute atomic E-state index is 10.6. The van der Waals surface area contributed by atoms with Gasteiger partial charge in [0.25, 0.3) is 5.03 Å². The fourth-order valence-corrected chi connectivity index (χ4v) is 2.52. The third-order valence-corrected chi connectivity index (χ3v) is 3.92. The first-order valence-corrected chi connectivity index (χ1v) is 7.83.